The molecule has 0 radical (unpaired) electrons. The van der Waals surface area contributed by atoms with Crippen LogP contribution in [0, 0.1) is 5.82 Å². The molecule has 0 saturated heterocycles. The van der Waals surface area contributed by atoms with Crippen LogP contribution in [0.25, 0.3) is 0 Å². The van der Waals surface area contributed by atoms with Crippen molar-refractivity contribution in [2.24, 2.45) is 0 Å². The summed E-state index contributed by atoms with van der Waals surface area (Å²) in [6.07, 6.45) is -5.28. The van der Waals surface area contributed by atoms with Crippen LogP contribution in [0.4, 0.5) is 17.6 Å². The largest absolute Gasteiger partial charge is 0.419 e. The molecule has 2 nitrogen and oxygen atoms in total. The Balaban J connectivity index is 2.76. The van der Waals surface area contributed by atoms with Gasteiger partial charge in [0.05, 0.1) is 11.7 Å². The van der Waals surface area contributed by atoms with Gasteiger partial charge in [-0.2, -0.15) is 13.2 Å². The number of hydrogen-bond donors (Lipinski definition) is 2. The zero-order chi connectivity index (χ0) is 13.1. The van der Waals surface area contributed by atoms with Crippen LogP contribution in [0.1, 0.15) is 18.1 Å². The lowest BCUT2D eigenvalue weighted by molar-refractivity contribution is -0.140. The molecule has 1 atom stereocenters. The minimum absolute atomic E-state index is 0.147. The summed E-state index contributed by atoms with van der Waals surface area (Å²) in [5.74, 6) is -1.28. The summed E-state index contributed by atoms with van der Waals surface area (Å²) < 4.78 is 50.1. The number of rotatable bonds is 4. The van der Waals surface area contributed by atoms with E-state index in [4.69, 9.17) is 5.11 Å². The lowest BCUT2D eigenvalue weighted by atomic mass is 10.1. The third kappa shape index (κ3) is 4.32. The summed E-state index contributed by atoms with van der Waals surface area (Å²) in [6.45, 7) is 1.96. The Morgan fingerprint density at radius 1 is 1.35 bits per heavy atom. The maximum atomic E-state index is 12.9. The highest BCUT2D eigenvalue weighted by Gasteiger charge is 2.34. The summed E-state index contributed by atoms with van der Waals surface area (Å²) in [5.41, 5.74) is -0.951. The van der Waals surface area contributed by atoms with E-state index < -0.39 is 23.7 Å². The van der Waals surface area contributed by atoms with Gasteiger partial charge < -0.3 is 10.4 Å². The molecule has 0 bridgehead atoms. The van der Waals surface area contributed by atoms with Crippen LogP contribution in [0.5, 0.6) is 0 Å². The first-order chi connectivity index (χ1) is 7.80. The van der Waals surface area contributed by atoms with Crippen molar-refractivity contribution in [3.05, 3.63) is 35.1 Å². The molecule has 2 N–H and O–H groups in total. The van der Waals surface area contributed by atoms with Gasteiger partial charge in [0.1, 0.15) is 5.82 Å². The van der Waals surface area contributed by atoms with Crippen molar-refractivity contribution in [1.82, 2.24) is 5.32 Å². The molecular weight excluding hydrogens is 238 g/mol. The van der Waals surface area contributed by atoms with Crippen LogP contribution in [0.3, 0.4) is 0 Å². The molecule has 1 unspecified atom stereocenters. The quantitative estimate of drug-likeness (QED) is 0.805. The second kappa shape index (κ2) is 5.46. The van der Waals surface area contributed by atoms with Crippen molar-refractivity contribution in [2.75, 3.05) is 6.54 Å². The van der Waals surface area contributed by atoms with Gasteiger partial charge in [0, 0.05) is 13.1 Å². The van der Waals surface area contributed by atoms with E-state index in [1.165, 1.54) is 6.07 Å². The Kier molecular flexibility index (Phi) is 4.47. The Hall–Kier alpha value is -1.14. The van der Waals surface area contributed by atoms with Crippen LogP contribution < -0.4 is 5.32 Å². The van der Waals surface area contributed by atoms with Crippen molar-refractivity contribution in [1.29, 1.82) is 0 Å². The number of aliphatic hydroxyl groups excluding tert-OH is 1. The molecular formula is C11H13F4NO. The van der Waals surface area contributed by atoms with Gasteiger partial charge in [-0.15, -0.1) is 0 Å². The van der Waals surface area contributed by atoms with Crippen molar-refractivity contribution < 1.29 is 22.7 Å². The lowest BCUT2D eigenvalue weighted by Gasteiger charge is -2.11. The van der Waals surface area contributed by atoms with E-state index in [1.807, 2.05) is 0 Å². The lowest BCUT2D eigenvalue weighted by Crippen LogP contribution is -2.24. The monoisotopic (exact) mass is 251 g/mol. The summed E-state index contributed by atoms with van der Waals surface area (Å²) in [4.78, 5) is 0. The van der Waals surface area contributed by atoms with Crippen LogP contribution in [-0.4, -0.2) is 17.8 Å². The fraction of sp³-hybridized carbons (Fsp3) is 0.455. The molecule has 0 saturated carbocycles. The summed E-state index contributed by atoms with van der Waals surface area (Å²) >= 11 is 0. The standard InChI is InChI=1S/C11H13F4NO/c1-7(17)5-16-6-8-2-3-10(12)9(4-8)11(13,14)15/h2-4,7,16-17H,5-6H2,1H3. The fourth-order valence-electron chi connectivity index (χ4n) is 1.33. The Morgan fingerprint density at radius 2 is 2.00 bits per heavy atom. The second-order valence-electron chi connectivity index (χ2n) is 3.79. The van der Waals surface area contributed by atoms with Gasteiger partial charge >= 0.3 is 6.18 Å². The molecule has 1 rings (SSSR count). The van der Waals surface area contributed by atoms with Crippen molar-refractivity contribution >= 4 is 0 Å². The van der Waals surface area contributed by atoms with E-state index in [0.29, 0.717) is 5.56 Å². The predicted molar refractivity (Wildman–Crippen MR) is 54.8 cm³/mol. The van der Waals surface area contributed by atoms with E-state index in [9.17, 15) is 17.6 Å². The molecule has 0 spiro atoms. The number of nitrogens with one attached hydrogen (secondary N) is 1. The first kappa shape index (κ1) is 13.9. The number of benzene rings is 1. The summed E-state index contributed by atoms with van der Waals surface area (Å²) in [7, 11) is 0. The molecule has 0 fully saturated rings. The molecule has 0 heterocycles. The average Bonchev–Trinajstić information content (AvgIpc) is 2.18. The van der Waals surface area contributed by atoms with Crippen molar-refractivity contribution in [3.8, 4) is 0 Å². The van der Waals surface area contributed by atoms with Crippen LogP contribution >= 0.6 is 0 Å². The molecule has 1 aromatic rings. The SMILES string of the molecule is CC(O)CNCc1ccc(F)c(C(F)(F)F)c1. The number of halogens is 4. The van der Waals surface area contributed by atoms with Gasteiger partial charge in [-0.25, -0.2) is 4.39 Å². The normalized spacial score (nSPS) is 13.8. The van der Waals surface area contributed by atoms with E-state index in [1.54, 1.807) is 6.92 Å². The summed E-state index contributed by atoms with van der Waals surface area (Å²) in [6, 6.07) is 2.84. The van der Waals surface area contributed by atoms with Gasteiger partial charge in [-0.1, -0.05) is 6.07 Å². The zero-order valence-electron chi connectivity index (χ0n) is 9.18. The van der Waals surface area contributed by atoms with Gasteiger partial charge in [-0.3, -0.25) is 0 Å². The Morgan fingerprint density at radius 3 is 2.53 bits per heavy atom. The van der Waals surface area contributed by atoms with Gasteiger partial charge in [0.2, 0.25) is 0 Å². The minimum atomic E-state index is -4.69. The minimum Gasteiger partial charge on any atom is -0.392 e. The smallest absolute Gasteiger partial charge is 0.392 e. The van der Waals surface area contributed by atoms with E-state index in [2.05, 4.69) is 5.32 Å². The molecule has 6 heteroatoms. The molecule has 0 aliphatic carbocycles. The number of alkyl halides is 3. The summed E-state index contributed by atoms with van der Waals surface area (Å²) in [5, 5.41) is 11.7. The molecule has 96 valence electrons. The van der Waals surface area contributed by atoms with Crippen LogP contribution in [0.2, 0.25) is 0 Å². The van der Waals surface area contributed by atoms with Gasteiger partial charge in [-0.05, 0) is 24.6 Å². The maximum Gasteiger partial charge on any atom is 0.419 e. The Labute approximate surface area is 96.3 Å². The molecule has 0 aliphatic rings. The van der Waals surface area contributed by atoms with Crippen molar-refractivity contribution in [3.63, 3.8) is 0 Å². The number of aliphatic hydroxyl groups is 1. The topological polar surface area (TPSA) is 32.3 Å². The number of hydrogen-bond acceptors (Lipinski definition) is 2. The van der Waals surface area contributed by atoms with E-state index in [-0.39, 0.29) is 13.1 Å². The zero-order valence-corrected chi connectivity index (χ0v) is 9.18. The van der Waals surface area contributed by atoms with Crippen molar-refractivity contribution in [2.45, 2.75) is 25.7 Å². The first-order valence-electron chi connectivity index (χ1n) is 5.05. The fourth-order valence-corrected chi connectivity index (χ4v) is 1.33. The maximum absolute atomic E-state index is 12.9. The third-order valence-electron chi connectivity index (χ3n) is 2.11. The molecule has 0 amide bonds. The van der Waals surface area contributed by atoms with Crippen LogP contribution in [0.15, 0.2) is 18.2 Å². The molecule has 0 aliphatic heterocycles. The van der Waals surface area contributed by atoms with Crippen LogP contribution in [-0.2, 0) is 12.7 Å². The third-order valence-corrected chi connectivity index (χ3v) is 2.11. The Bertz CT molecular complexity index is 376. The highest BCUT2D eigenvalue weighted by molar-refractivity contribution is 5.27. The van der Waals surface area contributed by atoms with E-state index in [0.717, 1.165) is 12.1 Å². The first-order valence-corrected chi connectivity index (χ1v) is 5.05. The molecule has 17 heavy (non-hydrogen) atoms. The predicted octanol–water partition coefficient (Wildman–Crippen LogP) is 2.31. The molecule has 0 aromatic heterocycles. The second-order valence-corrected chi connectivity index (χ2v) is 3.79. The average molecular weight is 251 g/mol. The highest BCUT2D eigenvalue weighted by Crippen LogP contribution is 2.31. The van der Waals surface area contributed by atoms with E-state index >= 15 is 0 Å². The van der Waals surface area contributed by atoms with Gasteiger partial charge in [0.15, 0.2) is 0 Å². The van der Waals surface area contributed by atoms with Gasteiger partial charge in [0.25, 0.3) is 0 Å². The highest BCUT2D eigenvalue weighted by atomic mass is 19.4. The molecule has 1 aromatic carbocycles.